The maximum absolute atomic E-state index is 13.1. The highest BCUT2D eigenvalue weighted by atomic mass is 19.3. The summed E-state index contributed by atoms with van der Waals surface area (Å²) in [4.78, 5) is 31.7. The van der Waals surface area contributed by atoms with E-state index in [1.807, 2.05) is 13.0 Å². The van der Waals surface area contributed by atoms with Crippen LogP contribution in [0.1, 0.15) is 67.7 Å². The van der Waals surface area contributed by atoms with Gasteiger partial charge in [-0.05, 0) is 69.5 Å². The van der Waals surface area contributed by atoms with Gasteiger partial charge in [-0.25, -0.2) is 13.8 Å². The Hall–Kier alpha value is -2.81. The number of amides is 1. The molecule has 0 saturated heterocycles. The zero-order valence-corrected chi connectivity index (χ0v) is 21.8. The van der Waals surface area contributed by atoms with Gasteiger partial charge in [0.15, 0.2) is 6.61 Å². The molecule has 1 aliphatic heterocycles. The molecular weight excluding hydrogens is 478 g/mol. The van der Waals surface area contributed by atoms with E-state index in [4.69, 9.17) is 4.74 Å². The molecule has 9 heteroatoms. The lowest BCUT2D eigenvalue weighted by molar-refractivity contribution is -0.0243. The highest BCUT2D eigenvalue weighted by Crippen LogP contribution is 2.28. The van der Waals surface area contributed by atoms with Gasteiger partial charge in [0.25, 0.3) is 17.4 Å². The average Bonchev–Trinajstić information content (AvgIpc) is 3.08. The molecule has 0 spiro atoms. The Morgan fingerprint density at radius 3 is 2.62 bits per heavy atom. The minimum Gasteiger partial charge on any atom is -0.471 e. The Morgan fingerprint density at radius 2 is 1.89 bits per heavy atom. The molecule has 2 aliphatic rings. The van der Waals surface area contributed by atoms with Crippen LogP contribution in [0.25, 0.3) is 0 Å². The van der Waals surface area contributed by atoms with E-state index in [-0.39, 0.29) is 23.4 Å². The molecule has 1 fully saturated rings. The van der Waals surface area contributed by atoms with Gasteiger partial charge >= 0.3 is 0 Å². The molecule has 37 heavy (non-hydrogen) atoms. The molecule has 0 atom stereocenters. The monoisotopic (exact) mass is 516 g/mol. The van der Waals surface area contributed by atoms with E-state index in [1.165, 1.54) is 16.2 Å². The zero-order chi connectivity index (χ0) is 26.4. The van der Waals surface area contributed by atoms with Crippen molar-refractivity contribution in [3.05, 3.63) is 57.6 Å². The van der Waals surface area contributed by atoms with Crippen LogP contribution < -0.4 is 15.6 Å². The van der Waals surface area contributed by atoms with Crippen LogP contribution in [0.3, 0.4) is 0 Å². The third-order valence-electron chi connectivity index (χ3n) is 7.51. The number of nitrogens with zero attached hydrogens (tertiary/aromatic N) is 3. The van der Waals surface area contributed by atoms with Crippen LogP contribution >= 0.6 is 0 Å². The number of rotatable bonds is 9. The molecule has 1 N–H and O–H groups in total. The van der Waals surface area contributed by atoms with Crippen LogP contribution in [0.2, 0.25) is 0 Å². The fourth-order valence-electron chi connectivity index (χ4n) is 5.38. The fraction of sp³-hybridized carbons (Fsp3) is 0.607. The first kappa shape index (κ1) is 27.2. The predicted octanol–water partition coefficient (Wildman–Crippen LogP) is 4.08. The van der Waals surface area contributed by atoms with Crippen molar-refractivity contribution < 1.29 is 18.3 Å². The number of carbonyl (C=O) groups is 1. The summed E-state index contributed by atoms with van der Waals surface area (Å²) < 4.78 is 32.9. The normalized spacial score (nSPS) is 20.6. The molecule has 1 saturated carbocycles. The minimum atomic E-state index is -2.88. The first-order chi connectivity index (χ1) is 17.7. The summed E-state index contributed by atoms with van der Waals surface area (Å²) in [5.74, 6) is -2.14. The van der Waals surface area contributed by atoms with Crippen LogP contribution in [0.5, 0.6) is 5.88 Å². The molecule has 0 aromatic carbocycles. The smallest absolute Gasteiger partial charge is 0.278 e. The first-order valence-electron chi connectivity index (χ1n) is 13.4. The molecule has 2 aromatic heterocycles. The quantitative estimate of drug-likeness (QED) is 0.544. The third kappa shape index (κ3) is 7.60. The van der Waals surface area contributed by atoms with Gasteiger partial charge in [0.05, 0.1) is 0 Å². The van der Waals surface area contributed by atoms with Crippen molar-refractivity contribution in [2.75, 3.05) is 26.2 Å². The maximum Gasteiger partial charge on any atom is 0.278 e. The van der Waals surface area contributed by atoms with Crippen molar-refractivity contribution in [3.63, 3.8) is 0 Å². The SMILES string of the molecule is CCn1c(C(=O)NC2CCC(CCN3CCc4ccc(OCC(C)(F)F)nc4CC3)CC2)cccc1=O. The Kier molecular flexibility index (Phi) is 8.95. The Balaban J connectivity index is 1.20. The lowest BCUT2D eigenvalue weighted by Crippen LogP contribution is -2.40. The summed E-state index contributed by atoms with van der Waals surface area (Å²) in [6.45, 7) is 5.40. The number of carbonyl (C=O) groups excluding carboxylic acids is 1. The number of hydrogen-bond donors (Lipinski definition) is 1. The molecule has 3 heterocycles. The molecule has 202 valence electrons. The molecule has 0 radical (unpaired) electrons. The summed E-state index contributed by atoms with van der Waals surface area (Å²) in [5.41, 5.74) is 2.39. The van der Waals surface area contributed by atoms with Crippen molar-refractivity contribution in [2.24, 2.45) is 5.92 Å². The molecule has 2 aromatic rings. The van der Waals surface area contributed by atoms with Crippen molar-refractivity contribution in [3.8, 4) is 5.88 Å². The largest absolute Gasteiger partial charge is 0.471 e. The third-order valence-corrected chi connectivity index (χ3v) is 7.51. The van der Waals surface area contributed by atoms with Crippen molar-refractivity contribution in [2.45, 2.75) is 77.3 Å². The fourth-order valence-corrected chi connectivity index (χ4v) is 5.38. The van der Waals surface area contributed by atoms with Crippen LogP contribution in [-0.2, 0) is 19.4 Å². The number of alkyl halides is 2. The summed E-state index contributed by atoms with van der Waals surface area (Å²) in [6.07, 6.45) is 6.88. The van der Waals surface area contributed by atoms with Gasteiger partial charge in [0.2, 0.25) is 5.88 Å². The van der Waals surface area contributed by atoms with Gasteiger partial charge in [-0.15, -0.1) is 0 Å². The molecule has 0 bridgehead atoms. The Morgan fingerprint density at radius 1 is 1.14 bits per heavy atom. The van der Waals surface area contributed by atoms with Gasteiger partial charge < -0.3 is 19.5 Å². The summed E-state index contributed by atoms with van der Waals surface area (Å²) >= 11 is 0. The number of aromatic nitrogens is 2. The molecule has 1 aliphatic carbocycles. The molecule has 1 amide bonds. The maximum atomic E-state index is 13.1. The summed E-state index contributed by atoms with van der Waals surface area (Å²) in [5, 5.41) is 3.14. The van der Waals surface area contributed by atoms with Gasteiger partial charge in [0, 0.05) is 56.8 Å². The first-order valence-corrected chi connectivity index (χ1v) is 13.4. The average molecular weight is 517 g/mol. The topological polar surface area (TPSA) is 76.5 Å². The van der Waals surface area contributed by atoms with Crippen LogP contribution in [0, 0.1) is 5.92 Å². The number of pyridine rings is 2. The highest BCUT2D eigenvalue weighted by molar-refractivity contribution is 5.92. The van der Waals surface area contributed by atoms with Crippen LogP contribution in [0.4, 0.5) is 8.78 Å². The second-order valence-electron chi connectivity index (χ2n) is 10.4. The number of ether oxygens (including phenoxy) is 1. The molecule has 0 unspecified atom stereocenters. The lowest BCUT2D eigenvalue weighted by Gasteiger charge is -2.31. The highest BCUT2D eigenvalue weighted by Gasteiger charge is 2.25. The van der Waals surface area contributed by atoms with Gasteiger partial charge in [0.1, 0.15) is 5.69 Å². The number of hydrogen-bond acceptors (Lipinski definition) is 5. The minimum absolute atomic E-state index is 0.146. The number of halogens is 2. The van der Waals surface area contributed by atoms with Crippen molar-refractivity contribution in [1.82, 2.24) is 19.8 Å². The van der Waals surface area contributed by atoms with Gasteiger partial charge in [-0.2, -0.15) is 0 Å². The van der Waals surface area contributed by atoms with Crippen LogP contribution in [0.15, 0.2) is 35.1 Å². The van der Waals surface area contributed by atoms with Crippen molar-refractivity contribution in [1.29, 1.82) is 0 Å². The standard InChI is InChI=1S/C28H38F2N4O3/c1-3-34-24(5-4-6-26(34)35)27(36)31-22-10-7-20(8-11-22)13-16-33-17-14-21-9-12-25(32-23(21)15-18-33)37-19-28(2,29)30/h4-6,9,12,20,22H,3,7-8,10-11,13-19H2,1-2H3,(H,31,36). The van der Waals surface area contributed by atoms with E-state index in [0.717, 1.165) is 77.2 Å². The van der Waals surface area contributed by atoms with Crippen LogP contribution in [-0.4, -0.2) is 58.6 Å². The van der Waals surface area contributed by atoms with Gasteiger partial charge in [-0.1, -0.05) is 12.1 Å². The zero-order valence-electron chi connectivity index (χ0n) is 21.8. The van der Waals surface area contributed by atoms with E-state index < -0.39 is 12.5 Å². The van der Waals surface area contributed by atoms with Gasteiger partial charge in [-0.3, -0.25) is 9.59 Å². The predicted molar refractivity (Wildman–Crippen MR) is 138 cm³/mol. The number of fused-ring (bicyclic) bond motifs is 1. The second-order valence-corrected chi connectivity index (χ2v) is 10.4. The molecule has 7 nitrogen and oxygen atoms in total. The molecular formula is C28H38F2N4O3. The van der Waals surface area contributed by atoms with E-state index >= 15 is 0 Å². The van der Waals surface area contributed by atoms with E-state index in [0.29, 0.717) is 18.2 Å². The number of nitrogens with one attached hydrogen (secondary N) is 1. The Labute approximate surface area is 217 Å². The van der Waals surface area contributed by atoms with E-state index in [1.54, 1.807) is 18.2 Å². The van der Waals surface area contributed by atoms with Crippen molar-refractivity contribution >= 4 is 5.91 Å². The lowest BCUT2D eigenvalue weighted by atomic mass is 9.84. The van der Waals surface area contributed by atoms with E-state index in [9.17, 15) is 18.4 Å². The Bertz CT molecular complexity index is 1120. The molecule has 4 rings (SSSR count). The summed E-state index contributed by atoms with van der Waals surface area (Å²) in [6, 6.07) is 8.62. The van der Waals surface area contributed by atoms with E-state index in [2.05, 4.69) is 15.2 Å². The summed E-state index contributed by atoms with van der Waals surface area (Å²) in [7, 11) is 0. The second kappa shape index (κ2) is 12.2.